The molecule has 0 bridgehead atoms. The van der Waals surface area contributed by atoms with Crippen LogP contribution >= 0.6 is 23.4 Å². The monoisotopic (exact) mass is 420 g/mol. The summed E-state index contributed by atoms with van der Waals surface area (Å²) in [5.74, 6) is 0.614. The second-order valence-electron chi connectivity index (χ2n) is 6.30. The number of hydrogen-bond acceptors (Lipinski definition) is 4. The summed E-state index contributed by atoms with van der Waals surface area (Å²) >= 11 is 7.28. The quantitative estimate of drug-likeness (QED) is 0.530. The highest BCUT2D eigenvalue weighted by Gasteiger charge is 2.23. The number of amidine groups is 1. The first kappa shape index (κ1) is 19.3. The van der Waals surface area contributed by atoms with Crippen LogP contribution in [0.1, 0.15) is 11.1 Å². The number of carbonyl (C=O) groups is 1. The molecule has 0 atom stereocenters. The average molecular weight is 421 g/mol. The number of aliphatic imine (C=N–C) groups is 1. The number of thioether (sulfide) groups is 1. The molecule has 3 aromatic carbocycles. The predicted molar refractivity (Wildman–Crippen MR) is 119 cm³/mol. The van der Waals surface area contributed by atoms with Crippen LogP contribution in [0, 0.1) is 0 Å². The maximum absolute atomic E-state index is 12.2. The zero-order valence-electron chi connectivity index (χ0n) is 15.3. The third-order valence-electron chi connectivity index (χ3n) is 4.12. The number of benzene rings is 3. The van der Waals surface area contributed by atoms with Gasteiger partial charge >= 0.3 is 0 Å². The van der Waals surface area contributed by atoms with Crippen molar-refractivity contribution in [2.75, 3.05) is 0 Å². The lowest BCUT2D eigenvalue weighted by atomic mass is 10.2. The molecule has 1 fully saturated rings. The van der Waals surface area contributed by atoms with Crippen molar-refractivity contribution in [2.45, 2.75) is 6.61 Å². The summed E-state index contributed by atoms with van der Waals surface area (Å²) in [6.07, 6.45) is 1.83. The summed E-state index contributed by atoms with van der Waals surface area (Å²) < 4.78 is 5.80. The molecule has 0 aliphatic carbocycles. The molecular formula is C23H17ClN2O2S. The molecule has 0 saturated carbocycles. The number of halogens is 1. The zero-order valence-corrected chi connectivity index (χ0v) is 16.9. The van der Waals surface area contributed by atoms with Gasteiger partial charge in [0.2, 0.25) is 0 Å². The molecule has 4 nitrogen and oxygen atoms in total. The van der Waals surface area contributed by atoms with E-state index >= 15 is 0 Å². The Bertz CT molecular complexity index is 1080. The van der Waals surface area contributed by atoms with Crippen LogP contribution in [0.4, 0.5) is 5.69 Å². The Morgan fingerprint density at radius 1 is 1.00 bits per heavy atom. The van der Waals surface area contributed by atoms with Crippen molar-refractivity contribution in [1.29, 1.82) is 0 Å². The van der Waals surface area contributed by atoms with E-state index in [1.807, 2.05) is 72.8 Å². The molecule has 1 aliphatic rings. The number of nitrogens with zero attached hydrogens (tertiary/aromatic N) is 1. The van der Waals surface area contributed by atoms with E-state index in [1.165, 1.54) is 11.8 Å². The van der Waals surface area contributed by atoms with Crippen LogP contribution in [-0.2, 0) is 11.4 Å². The van der Waals surface area contributed by atoms with Crippen LogP contribution in [0.15, 0.2) is 88.8 Å². The van der Waals surface area contributed by atoms with E-state index in [9.17, 15) is 4.79 Å². The fraction of sp³-hybridized carbons (Fsp3) is 0.0435. The minimum Gasteiger partial charge on any atom is -0.489 e. The van der Waals surface area contributed by atoms with Crippen molar-refractivity contribution in [3.63, 3.8) is 0 Å². The maximum Gasteiger partial charge on any atom is 0.264 e. The van der Waals surface area contributed by atoms with Crippen molar-refractivity contribution in [2.24, 2.45) is 4.99 Å². The molecule has 1 N–H and O–H groups in total. The fourth-order valence-corrected chi connectivity index (χ4v) is 3.72. The van der Waals surface area contributed by atoms with Gasteiger partial charge in [-0.1, -0.05) is 60.1 Å². The molecule has 0 spiro atoms. The summed E-state index contributed by atoms with van der Waals surface area (Å²) in [4.78, 5) is 17.3. The summed E-state index contributed by atoms with van der Waals surface area (Å²) in [6, 6.07) is 24.8. The molecule has 1 amide bonds. The summed E-state index contributed by atoms with van der Waals surface area (Å²) in [5, 5.41) is 3.92. The van der Waals surface area contributed by atoms with Gasteiger partial charge in [-0.3, -0.25) is 4.79 Å². The number of ether oxygens (including phenoxy) is 1. The van der Waals surface area contributed by atoms with Crippen molar-refractivity contribution in [3.05, 3.63) is 99.9 Å². The molecule has 29 heavy (non-hydrogen) atoms. The number of amides is 1. The fourth-order valence-electron chi connectivity index (χ4n) is 2.70. The van der Waals surface area contributed by atoms with Gasteiger partial charge < -0.3 is 10.1 Å². The molecule has 0 unspecified atom stereocenters. The van der Waals surface area contributed by atoms with Crippen molar-refractivity contribution in [3.8, 4) is 5.75 Å². The molecule has 0 aromatic heterocycles. The lowest BCUT2D eigenvalue weighted by Crippen LogP contribution is -2.19. The van der Waals surface area contributed by atoms with Gasteiger partial charge in [0.05, 0.1) is 10.6 Å². The molecule has 1 aliphatic heterocycles. The van der Waals surface area contributed by atoms with Crippen molar-refractivity contribution in [1.82, 2.24) is 5.32 Å². The van der Waals surface area contributed by atoms with E-state index in [4.69, 9.17) is 16.3 Å². The Kier molecular flexibility index (Phi) is 5.98. The first-order chi connectivity index (χ1) is 14.2. The van der Waals surface area contributed by atoms with Crippen LogP contribution in [0.25, 0.3) is 6.08 Å². The minimum absolute atomic E-state index is 0.166. The Balaban J connectivity index is 1.41. The second kappa shape index (κ2) is 8.99. The van der Waals surface area contributed by atoms with E-state index < -0.39 is 0 Å². The number of carbonyl (C=O) groups excluding carboxylic acids is 1. The van der Waals surface area contributed by atoms with Gasteiger partial charge in [0, 0.05) is 5.02 Å². The Morgan fingerprint density at radius 3 is 2.55 bits per heavy atom. The number of nitrogens with one attached hydrogen (secondary N) is 1. The van der Waals surface area contributed by atoms with Gasteiger partial charge in [0.25, 0.3) is 5.91 Å². The highest BCUT2D eigenvalue weighted by molar-refractivity contribution is 8.18. The Hall–Kier alpha value is -3.02. The first-order valence-electron chi connectivity index (χ1n) is 8.98. The van der Waals surface area contributed by atoms with Crippen LogP contribution < -0.4 is 10.1 Å². The average Bonchev–Trinajstić information content (AvgIpc) is 3.07. The molecule has 4 rings (SSSR count). The largest absolute Gasteiger partial charge is 0.489 e. The molecule has 144 valence electrons. The molecular weight excluding hydrogens is 404 g/mol. The highest BCUT2D eigenvalue weighted by Crippen LogP contribution is 2.29. The number of hydrogen-bond donors (Lipinski definition) is 1. The minimum atomic E-state index is -0.166. The summed E-state index contributed by atoms with van der Waals surface area (Å²) in [7, 11) is 0. The SMILES string of the molecule is O=C1NC(=Nc2cccc(Cl)c2)S/C1=C/c1ccc(OCc2ccccc2)cc1. The van der Waals surface area contributed by atoms with Gasteiger partial charge in [-0.15, -0.1) is 0 Å². The lowest BCUT2D eigenvalue weighted by molar-refractivity contribution is -0.115. The second-order valence-corrected chi connectivity index (χ2v) is 7.77. The Labute approximate surface area is 178 Å². The van der Waals surface area contributed by atoms with E-state index in [-0.39, 0.29) is 5.91 Å². The van der Waals surface area contributed by atoms with Crippen LogP contribution in [0.3, 0.4) is 0 Å². The van der Waals surface area contributed by atoms with Gasteiger partial charge in [0.1, 0.15) is 12.4 Å². The van der Waals surface area contributed by atoms with Crippen LogP contribution in [0.5, 0.6) is 5.75 Å². The van der Waals surface area contributed by atoms with E-state index in [0.717, 1.165) is 16.9 Å². The van der Waals surface area contributed by atoms with E-state index in [2.05, 4.69) is 10.3 Å². The summed E-state index contributed by atoms with van der Waals surface area (Å²) in [5.41, 5.74) is 2.73. The molecule has 3 aromatic rings. The van der Waals surface area contributed by atoms with E-state index in [1.54, 1.807) is 12.1 Å². The molecule has 0 radical (unpaired) electrons. The zero-order chi connectivity index (χ0) is 20.1. The first-order valence-corrected chi connectivity index (χ1v) is 10.2. The van der Waals surface area contributed by atoms with Gasteiger partial charge in [0.15, 0.2) is 5.17 Å². The van der Waals surface area contributed by atoms with Crippen molar-refractivity contribution < 1.29 is 9.53 Å². The molecule has 6 heteroatoms. The smallest absolute Gasteiger partial charge is 0.264 e. The predicted octanol–water partition coefficient (Wildman–Crippen LogP) is 5.81. The highest BCUT2D eigenvalue weighted by atomic mass is 35.5. The van der Waals surface area contributed by atoms with Crippen molar-refractivity contribution >= 4 is 46.2 Å². The van der Waals surface area contributed by atoms with Gasteiger partial charge in [-0.25, -0.2) is 4.99 Å². The third-order valence-corrected chi connectivity index (χ3v) is 5.26. The van der Waals surface area contributed by atoms with Crippen LogP contribution in [-0.4, -0.2) is 11.1 Å². The molecule has 1 heterocycles. The van der Waals surface area contributed by atoms with Crippen LogP contribution in [0.2, 0.25) is 5.02 Å². The third kappa shape index (κ3) is 5.28. The molecule has 1 saturated heterocycles. The summed E-state index contributed by atoms with van der Waals surface area (Å²) in [6.45, 7) is 0.517. The number of rotatable bonds is 5. The van der Waals surface area contributed by atoms with Gasteiger partial charge in [-0.05, 0) is 59.3 Å². The normalized spacial score (nSPS) is 16.2. The topological polar surface area (TPSA) is 50.7 Å². The maximum atomic E-state index is 12.2. The van der Waals surface area contributed by atoms with Gasteiger partial charge in [-0.2, -0.15) is 0 Å². The Morgan fingerprint density at radius 2 is 1.79 bits per heavy atom. The lowest BCUT2D eigenvalue weighted by Gasteiger charge is -2.06. The standard InChI is InChI=1S/C23H17ClN2O2S/c24-18-7-4-8-19(14-18)25-23-26-22(27)21(29-23)13-16-9-11-20(12-10-16)28-15-17-5-2-1-3-6-17/h1-14H,15H2,(H,25,26,27)/b21-13+. The van der Waals surface area contributed by atoms with E-state index in [0.29, 0.717) is 27.4 Å².